The van der Waals surface area contributed by atoms with Crippen LogP contribution < -0.4 is 15.2 Å². The highest BCUT2D eigenvalue weighted by molar-refractivity contribution is 7.13. The van der Waals surface area contributed by atoms with Crippen molar-refractivity contribution in [2.24, 2.45) is 0 Å². The molecule has 4 rings (SSSR count). The van der Waals surface area contributed by atoms with Gasteiger partial charge in [0.05, 0.1) is 21.8 Å². The van der Waals surface area contributed by atoms with E-state index in [-0.39, 0.29) is 12.6 Å². The van der Waals surface area contributed by atoms with Gasteiger partial charge in [0.25, 0.3) is 0 Å². The molecule has 124 valence electrons. The van der Waals surface area contributed by atoms with E-state index in [9.17, 15) is 5.26 Å². The lowest BCUT2D eigenvalue weighted by Crippen LogP contribution is -2.03. The van der Waals surface area contributed by atoms with Crippen LogP contribution in [0, 0.1) is 25.2 Å². The minimum atomic E-state index is 0.212. The lowest BCUT2D eigenvalue weighted by Gasteiger charge is -2.14. The van der Waals surface area contributed by atoms with Gasteiger partial charge in [-0.15, -0.1) is 11.3 Å². The molecular weight excluding hydrogens is 336 g/mol. The monoisotopic (exact) mass is 350 g/mol. The molecule has 0 amide bonds. The maximum atomic E-state index is 9.58. The number of rotatable bonds is 2. The number of nitrogen functional groups attached to an aromatic ring is 1. The molecule has 3 aromatic rings. The van der Waals surface area contributed by atoms with Gasteiger partial charge in [0.2, 0.25) is 6.79 Å². The summed E-state index contributed by atoms with van der Waals surface area (Å²) in [7, 11) is 0. The topological polar surface area (TPSA) is 94.1 Å². The van der Waals surface area contributed by atoms with Gasteiger partial charge in [0.1, 0.15) is 17.5 Å². The van der Waals surface area contributed by atoms with E-state index in [0.29, 0.717) is 17.1 Å². The van der Waals surface area contributed by atoms with Crippen LogP contribution in [0.1, 0.15) is 16.8 Å². The number of fused-ring (bicyclic) bond motifs is 1. The molecule has 7 heteroatoms. The van der Waals surface area contributed by atoms with Crippen LogP contribution in [0.4, 0.5) is 5.82 Å². The van der Waals surface area contributed by atoms with E-state index in [4.69, 9.17) is 15.2 Å². The lowest BCUT2D eigenvalue weighted by molar-refractivity contribution is 0.174. The molecule has 25 heavy (non-hydrogen) atoms. The summed E-state index contributed by atoms with van der Waals surface area (Å²) in [6, 6.07) is 7.83. The number of anilines is 1. The van der Waals surface area contributed by atoms with Crippen LogP contribution in [0.2, 0.25) is 0 Å². The van der Waals surface area contributed by atoms with Crippen LogP contribution in [0.15, 0.2) is 23.7 Å². The molecule has 0 saturated carbocycles. The molecule has 0 unspecified atom stereocenters. The third-order valence-corrected chi connectivity index (χ3v) is 5.15. The number of aromatic nitrogens is 2. The number of benzene rings is 1. The van der Waals surface area contributed by atoms with Gasteiger partial charge in [-0.1, -0.05) is 0 Å². The second kappa shape index (κ2) is 5.76. The van der Waals surface area contributed by atoms with Gasteiger partial charge in [-0.3, -0.25) is 0 Å². The minimum absolute atomic E-state index is 0.212. The van der Waals surface area contributed by atoms with Crippen molar-refractivity contribution in [3.8, 4) is 39.3 Å². The summed E-state index contributed by atoms with van der Waals surface area (Å²) in [5.41, 5.74) is 12.4. The zero-order valence-electron chi connectivity index (χ0n) is 13.7. The number of nitrogens with zero attached hydrogens (tertiary/aromatic N) is 3. The van der Waals surface area contributed by atoms with E-state index >= 15 is 0 Å². The quantitative estimate of drug-likeness (QED) is 0.758. The first kappa shape index (κ1) is 15.4. The van der Waals surface area contributed by atoms with E-state index in [0.717, 1.165) is 33.0 Å². The van der Waals surface area contributed by atoms with Crippen molar-refractivity contribution in [1.82, 2.24) is 9.97 Å². The van der Waals surface area contributed by atoms with Crippen LogP contribution in [0.3, 0.4) is 0 Å². The minimum Gasteiger partial charge on any atom is -0.454 e. The average Bonchev–Trinajstić information content (AvgIpc) is 3.24. The highest BCUT2D eigenvalue weighted by Gasteiger charge is 2.22. The summed E-state index contributed by atoms with van der Waals surface area (Å²) >= 11 is 1.49. The molecule has 2 N–H and O–H groups in total. The van der Waals surface area contributed by atoms with Crippen molar-refractivity contribution in [3.63, 3.8) is 0 Å². The summed E-state index contributed by atoms with van der Waals surface area (Å²) in [6.45, 7) is 4.08. The molecule has 0 bridgehead atoms. The Kier molecular flexibility index (Phi) is 3.55. The Hall–Kier alpha value is -3.11. The normalized spacial score (nSPS) is 12.2. The first-order valence-corrected chi connectivity index (χ1v) is 8.48. The van der Waals surface area contributed by atoms with Gasteiger partial charge < -0.3 is 15.2 Å². The number of thiazole rings is 1. The molecule has 0 saturated heterocycles. The third kappa shape index (κ3) is 2.39. The van der Waals surface area contributed by atoms with Gasteiger partial charge in [0, 0.05) is 11.1 Å². The fourth-order valence-electron chi connectivity index (χ4n) is 2.96. The molecule has 0 radical (unpaired) electrons. The van der Waals surface area contributed by atoms with Crippen molar-refractivity contribution in [2.75, 3.05) is 12.5 Å². The second-order valence-corrected chi connectivity index (χ2v) is 6.52. The Labute approximate surface area is 148 Å². The van der Waals surface area contributed by atoms with Gasteiger partial charge in [-0.2, -0.15) is 5.26 Å². The van der Waals surface area contributed by atoms with E-state index in [2.05, 4.69) is 16.0 Å². The van der Waals surface area contributed by atoms with Crippen LogP contribution >= 0.6 is 11.3 Å². The summed E-state index contributed by atoms with van der Waals surface area (Å²) in [5.74, 6) is 1.60. The molecule has 0 atom stereocenters. The molecule has 6 nitrogen and oxygen atoms in total. The van der Waals surface area contributed by atoms with Crippen molar-refractivity contribution in [1.29, 1.82) is 5.26 Å². The fraction of sp³-hybridized carbons (Fsp3) is 0.167. The number of nitrogens with two attached hydrogens (primary N) is 1. The summed E-state index contributed by atoms with van der Waals surface area (Å²) in [4.78, 5) is 9.72. The Balaban J connectivity index is 1.98. The highest BCUT2D eigenvalue weighted by Crippen LogP contribution is 2.41. The van der Waals surface area contributed by atoms with E-state index in [1.807, 2.05) is 32.0 Å². The Morgan fingerprint density at radius 2 is 2.04 bits per heavy atom. The molecule has 3 heterocycles. The second-order valence-electron chi connectivity index (χ2n) is 5.67. The summed E-state index contributed by atoms with van der Waals surface area (Å²) in [6.07, 6.45) is 0. The SMILES string of the molecule is Cc1ncsc1-c1c(C)c(-c2ccc3c(c2)OCO3)nc(N)c1C#N. The number of ether oxygens (including phenoxy) is 2. The smallest absolute Gasteiger partial charge is 0.231 e. The standard InChI is InChI=1S/C18H14N4O2S/c1-9-15(17-10(2)21-7-25-17)12(6-19)18(20)22-16(9)11-3-4-13-14(5-11)24-8-23-13/h3-5,7H,8H2,1-2H3,(H2,20,22). The Morgan fingerprint density at radius 1 is 1.24 bits per heavy atom. The van der Waals surface area contributed by atoms with Gasteiger partial charge in [-0.05, 0) is 37.6 Å². The van der Waals surface area contributed by atoms with Crippen molar-refractivity contribution in [3.05, 3.63) is 40.5 Å². The van der Waals surface area contributed by atoms with Gasteiger partial charge >= 0.3 is 0 Å². The molecular formula is C18H14N4O2S. The fourth-order valence-corrected chi connectivity index (χ4v) is 3.87. The van der Waals surface area contributed by atoms with Gasteiger partial charge in [0.15, 0.2) is 11.5 Å². The summed E-state index contributed by atoms with van der Waals surface area (Å²) in [5, 5.41) is 9.58. The zero-order valence-corrected chi connectivity index (χ0v) is 14.5. The number of pyridine rings is 1. The number of aryl methyl sites for hydroxylation is 1. The number of nitriles is 1. The Morgan fingerprint density at radius 3 is 2.76 bits per heavy atom. The molecule has 1 aromatic carbocycles. The molecule has 1 aliphatic heterocycles. The lowest BCUT2D eigenvalue weighted by atomic mass is 9.96. The molecule has 1 aliphatic rings. The van der Waals surface area contributed by atoms with E-state index < -0.39 is 0 Å². The van der Waals surface area contributed by atoms with E-state index in [1.165, 1.54) is 11.3 Å². The highest BCUT2D eigenvalue weighted by atomic mass is 32.1. The zero-order chi connectivity index (χ0) is 17.6. The van der Waals surface area contributed by atoms with Crippen molar-refractivity contribution in [2.45, 2.75) is 13.8 Å². The average molecular weight is 350 g/mol. The van der Waals surface area contributed by atoms with Crippen molar-refractivity contribution < 1.29 is 9.47 Å². The summed E-state index contributed by atoms with van der Waals surface area (Å²) < 4.78 is 10.8. The van der Waals surface area contributed by atoms with Crippen LogP contribution in [0.25, 0.3) is 21.7 Å². The van der Waals surface area contributed by atoms with Crippen molar-refractivity contribution >= 4 is 17.2 Å². The predicted octanol–water partition coefficient (Wildman–Crippen LogP) is 3.67. The maximum absolute atomic E-state index is 9.58. The van der Waals surface area contributed by atoms with Crippen LogP contribution in [0.5, 0.6) is 11.5 Å². The maximum Gasteiger partial charge on any atom is 0.231 e. The third-order valence-electron chi connectivity index (χ3n) is 4.20. The number of hydrogen-bond donors (Lipinski definition) is 1. The first-order chi connectivity index (χ1) is 12.1. The largest absolute Gasteiger partial charge is 0.454 e. The Bertz CT molecular complexity index is 1040. The molecule has 0 fully saturated rings. The molecule has 0 spiro atoms. The predicted molar refractivity (Wildman–Crippen MR) is 95.5 cm³/mol. The van der Waals surface area contributed by atoms with Gasteiger partial charge in [-0.25, -0.2) is 9.97 Å². The van der Waals surface area contributed by atoms with Crippen LogP contribution in [-0.4, -0.2) is 16.8 Å². The van der Waals surface area contributed by atoms with Crippen LogP contribution in [-0.2, 0) is 0 Å². The first-order valence-electron chi connectivity index (χ1n) is 7.60. The molecule has 0 aliphatic carbocycles. The van der Waals surface area contributed by atoms with E-state index in [1.54, 1.807) is 5.51 Å². The molecule has 2 aromatic heterocycles. The number of hydrogen-bond acceptors (Lipinski definition) is 7.